The summed E-state index contributed by atoms with van der Waals surface area (Å²) in [5.74, 6) is 0. The molecule has 0 N–H and O–H groups in total. The van der Waals surface area contributed by atoms with Crippen molar-refractivity contribution in [1.29, 1.82) is 0 Å². The molecule has 0 spiro atoms. The first-order chi connectivity index (χ1) is 6.36. The summed E-state index contributed by atoms with van der Waals surface area (Å²) in [4.78, 5) is 18.8. The summed E-state index contributed by atoms with van der Waals surface area (Å²) >= 11 is 1.43. The summed E-state index contributed by atoms with van der Waals surface area (Å²) in [5, 5.41) is 2.44. The topological polar surface area (TPSA) is 42.9 Å². The summed E-state index contributed by atoms with van der Waals surface area (Å²) in [6.07, 6.45) is 3.38. The van der Waals surface area contributed by atoms with Crippen LogP contribution in [-0.2, 0) is 0 Å². The summed E-state index contributed by atoms with van der Waals surface area (Å²) in [5.41, 5.74) is 0.669. The Morgan fingerprint density at radius 2 is 2.23 bits per heavy atom. The van der Waals surface area contributed by atoms with Crippen LogP contribution in [0.25, 0.3) is 10.6 Å². The fourth-order valence-electron chi connectivity index (χ4n) is 0.942. The van der Waals surface area contributed by atoms with Gasteiger partial charge in [0, 0.05) is 24.0 Å². The number of pyridine rings is 1. The second-order valence-electron chi connectivity index (χ2n) is 2.42. The molecule has 0 saturated heterocycles. The zero-order chi connectivity index (χ0) is 9.10. The van der Waals surface area contributed by atoms with E-state index in [1.165, 1.54) is 17.4 Å². The van der Waals surface area contributed by atoms with Gasteiger partial charge in [-0.25, -0.2) is 0 Å². The smallest absolute Gasteiger partial charge is 0.267 e. The SMILES string of the molecule is O=c1ccsc(-c2cccnc2)n1. The summed E-state index contributed by atoms with van der Waals surface area (Å²) in [6.45, 7) is 0. The molecule has 0 aliphatic rings. The van der Waals surface area contributed by atoms with Crippen LogP contribution in [0.5, 0.6) is 0 Å². The molecule has 64 valence electrons. The lowest BCUT2D eigenvalue weighted by molar-refractivity contribution is 1.26. The lowest BCUT2D eigenvalue weighted by atomic mass is 10.3. The Labute approximate surface area is 78.7 Å². The molecule has 2 aromatic heterocycles. The molecule has 0 saturated carbocycles. The molecule has 13 heavy (non-hydrogen) atoms. The van der Waals surface area contributed by atoms with Crippen molar-refractivity contribution < 1.29 is 0 Å². The highest BCUT2D eigenvalue weighted by molar-refractivity contribution is 7.12. The van der Waals surface area contributed by atoms with Gasteiger partial charge in [0.25, 0.3) is 5.56 Å². The highest BCUT2D eigenvalue weighted by Gasteiger charge is 1.98. The van der Waals surface area contributed by atoms with Crippen molar-refractivity contribution in [3.8, 4) is 10.6 Å². The maximum atomic E-state index is 10.9. The number of aromatic nitrogens is 2. The third-order valence-electron chi connectivity index (χ3n) is 1.51. The van der Waals surface area contributed by atoms with E-state index >= 15 is 0 Å². The number of hydrogen-bond acceptors (Lipinski definition) is 4. The van der Waals surface area contributed by atoms with Gasteiger partial charge in [0.1, 0.15) is 5.01 Å². The molecule has 0 amide bonds. The van der Waals surface area contributed by atoms with Crippen molar-refractivity contribution in [1.82, 2.24) is 9.97 Å². The van der Waals surface area contributed by atoms with Gasteiger partial charge in [-0.15, -0.1) is 11.3 Å². The zero-order valence-electron chi connectivity index (χ0n) is 6.68. The second-order valence-corrected chi connectivity index (χ2v) is 3.31. The van der Waals surface area contributed by atoms with Crippen LogP contribution in [0.2, 0.25) is 0 Å². The fourth-order valence-corrected chi connectivity index (χ4v) is 1.66. The number of rotatable bonds is 1. The minimum atomic E-state index is -0.211. The summed E-state index contributed by atoms with van der Waals surface area (Å²) < 4.78 is 0. The van der Waals surface area contributed by atoms with Crippen molar-refractivity contribution >= 4 is 11.3 Å². The van der Waals surface area contributed by atoms with Crippen LogP contribution in [0.3, 0.4) is 0 Å². The highest BCUT2D eigenvalue weighted by Crippen LogP contribution is 2.17. The Morgan fingerprint density at radius 3 is 2.92 bits per heavy atom. The van der Waals surface area contributed by atoms with E-state index in [4.69, 9.17) is 0 Å². The van der Waals surface area contributed by atoms with Crippen LogP contribution < -0.4 is 5.56 Å². The van der Waals surface area contributed by atoms with E-state index in [1.54, 1.807) is 17.8 Å². The Bertz CT molecular complexity index is 452. The molecule has 2 rings (SSSR count). The van der Waals surface area contributed by atoms with Gasteiger partial charge in [0.15, 0.2) is 0 Å². The van der Waals surface area contributed by atoms with Crippen LogP contribution in [0.15, 0.2) is 40.8 Å². The third-order valence-corrected chi connectivity index (χ3v) is 2.33. The van der Waals surface area contributed by atoms with Crippen LogP contribution in [0.4, 0.5) is 0 Å². The molecule has 2 heterocycles. The lowest BCUT2D eigenvalue weighted by Crippen LogP contribution is -2.01. The largest absolute Gasteiger partial charge is 0.271 e. The zero-order valence-corrected chi connectivity index (χ0v) is 7.49. The van der Waals surface area contributed by atoms with Gasteiger partial charge in [-0.05, 0) is 17.5 Å². The van der Waals surface area contributed by atoms with Gasteiger partial charge < -0.3 is 0 Å². The molecular formula is C9H6N2OS. The van der Waals surface area contributed by atoms with Crippen LogP contribution in [0, 0.1) is 0 Å². The maximum absolute atomic E-state index is 10.9. The highest BCUT2D eigenvalue weighted by atomic mass is 32.1. The third kappa shape index (κ3) is 1.78. The molecule has 0 fully saturated rings. The predicted octanol–water partition coefficient (Wildman–Crippen LogP) is 1.57. The van der Waals surface area contributed by atoms with E-state index in [0.717, 1.165) is 5.56 Å². The average molecular weight is 190 g/mol. The molecule has 0 atom stereocenters. The molecule has 0 radical (unpaired) electrons. The molecular weight excluding hydrogens is 184 g/mol. The van der Waals surface area contributed by atoms with Gasteiger partial charge in [-0.1, -0.05) is 0 Å². The first kappa shape index (κ1) is 8.07. The lowest BCUT2D eigenvalue weighted by Gasteiger charge is -1.95. The normalized spacial score (nSPS) is 9.85. The monoisotopic (exact) mass is 190 g/mol. The van der Waals surface area contributed by atoms with Crippen molar-refractivity contribution in [3.63, 3.8) is 0 Å². The number of nitrogens with zero attached hydrogens (tertiary/aromatic N) is 2. The van der Waals surface area contributed by atoms with Gasteiger partial charge in [-0.3, -0.25) is 9.78 Å². The minimum absolute atomic E-state index is 0.211. The van der Waals surface area contributed by atoms with Crippen LogP contribution in [-0.4, -0.2) is 9.97 Å². The summed E-state index contributed by atoms with van der Waals surface area (Å²) in [6, 6.07) is 5.15. The quantitative estimate of drug-likeness (QED) is 0.685. The standard InChI is InChI=1S/C9H6N2OS/c12-8-3-5-13-9(11-8)7-2-1-4-10-6-7/h1-6H. The van der Waals surface area contributed by atoms with Gasteiger partial charge in [-0.2, -0.15) is 4.98 Å². The van der Waals surface area contributed by atoms with Crippen molar-refractivity contribution in [2.24, 2.45) is 0 Å². The fraction of sp³-hybridized carbons (Fsp3) is 0. The Kier molecular flexibility index (Phi) is 2.14. The molecule has 0 aromatic carbocycles. The molecule has 0 bridgehead atoms. The molecule has 3 nitrogen and oxygen atoms in total. The number of hydrogen-bond donors (Lipinski definition) is 0. The molecule has 0 unspecified atom stereocenters. The minimum Gasteiger partial charge on any atom is -0.267 e. The second kappa shape index (κ2) is 3.45. The maximum Gasteiger partial charge on any atom is 0.271 e. The summed E-state index contributed by atoms with van der Waals surface area (Å²) in [7, 11) is 0. The Hall–Kier alpha value is -1.55. The van der Waals surface area contributed by atoms with Crippen molar-refractivity contribution in [3.05, 3.63) is 46.3 Å². The Balaban J connectivity index is 2.54. The van der Waals surface area contributed by atoms with E-state index in [0.29, 0.717) is 5.01 Å². The van der Waals surface area contributed by atoms with Crippen molar-refractivity contribution in [2.75, 3.05) is 0 Å². The molecule has 2 aromatic rings. The Morgan fingerprint density at radius 1 is 1.31 bits per heavy atom. The van der Waals surface area contributed by atoms with E-state index in [2.05, 4.69) is 9.97 Å². The first-order valence-corrected chi connectivity index (χ1v) is 4.60. The van der Waals surface area contributed by atoms with Gasteiger partial charge in [0.05, 0.1) is 0 Å². The average Bonchev–Trinajstić information content (AvgIpc) is 2.19. The van der Waals surface area contributed by atoms with Gasteiger partial charge >= 0.3 is 0 Å². The van der Waals surface area contributed by atoms with E-state index in [-0.39, 0.29) is 5.56 Å². The van der Waals surface area contributed by atoms with Crippen LogP contribution >= 0.6 is 11.3 Å². The first-order valence-electron chi connectivity index (χ1n) is 3.72. The van der Waals surface area contributed by atoms with Crippen molar-refractivity contribution in [2.45, 2.75) is 0 Å². The predicted molar refractivity (Wildman–Crippen MR) is 51.6 cm³/mol. The molecule has 4 heteroatoms. The van der Waals surface area contributed by atoms with E-state index in [9.17, 15) is 4.79 Å². The van der Waals surface area contributed by atoms with E-state index < -0.39 is 0 Å². The molecule has 0 aliphatic carbocycles. The molecule has 0 aliphatic heterocycles. The van der Waals surface area contributed by atoms with Gasteiger partial charge in [0.2, 0.25) is 0 Å². The van der Waals surface area contributed by atoms with Crippen LogP contribution in [0.1, 0.15) is 0 Å². The van der Waals surface area contributed by atoms with E-state index in [1.807, 2.05) is 12.1 Å².